The number of amides is 1. The zero-order valence-corrected chi connectivity index (χ0v) is 18.4. The number of anilines is 1. The van der Waals surface area contributed by atoms with Gasteiger partial charge < -0.3 is 4.57 Å². The van der Waals surface area contributed by atoms with E-state index in [4.69, 9.17) is 4.98 Å². The molecule has 0 N–H and O–H groups in total. The molecular weight excluding hydrogens is 442 g/mol. The van der Waals surface area contributed by atoms with E-state index in [2.05, 4.69) is 11.9 Å². The molecule has 0 saturated carbocycles. The lowest BCUT2D eigenvalue weighted by Gasteiger charge is -2.20. The largest absolute Gasteiger partial charge is 0.337 e. The van der Waals surface area contributed by atoms with Gasteiger partial charge in [0.15, 0.2) is 5.13 Å². The molecule has 0 aliphatic rings. The highest BCUT2D eigenvalue weighted by molar-refractivity contribution is 7.22. The van der Waals surface area contributed by atoms with Gasteiger partial charge in [-0.25, -0.2) is 18.7 Å². The van der Waals surface area contributed by atoms with Gasteiger partial charge in [-0.15, -0.1) is 12.4 Å². The van der Waals surface area contributed by atoms with Gasteiger partial charge in [-0.3, -0.25) is 9.69 Å². The molecule has 1 amide bonds. The minimum Gasteiger partial charge on any atom is -0.337 e. The second-order valence-corrected chi connectivity index (χ2v) is 7.86. The number of halogens is 3. The van der Waals surface area contributed by atoms with Crippen molar-refractivity contribution in [2.45, 2.75) is 26.3 Å². The number of benzene rings is 2. The van der Waals surface area contributed by atoms with Crippen molar-refractivity contribution >= 4 is 45.0 Å². The Morgan fingerprint density at radius 1 is 1.23 bits per heavy atom. The van der Waals surface area contributed by atoms with Crippen molar-refractivity contribution in [1.29, 1.82) is 0 Å². The number of fused-ring (bicyclic) bond motifs is 1. The summed E-state index contributed by atoms with van der Waals surface area (Å²) in [4.78, 5) is 23.4. The van der Waals surface area contributed by atoms with Gasteiger partial charge >= 0.3 is 0 Å². The van der Waals surface area contributed by atoms with Crippen LogP contribution in [0.1, 0.15) is 29.3 Å². The Hall–Kier alpha value is -2.84. The molecule has 162 valence electrons. The Morgan fingerprint density at radius 2 is 2.06 bits per heavy atom. The summed E-state index contributed by atoms with van der Waals surface area (Å²) in [7, 11) is 0. The lowest BCUT2D eigenvalue weighted by molar-refractivity contribution is 0.0982. The van der Waals surface area contributed by atoms with E-state index in [1.807, 2.05) is 29.0 Å². The average molecular weight is 463 g/mol. The summed E-state index contributed by atoms with van der Waals surface area (Å²) in [5, 5.41) is 0.505. The van der Waals surface area contributed by atoms with Crippen LogP contribution >= 0.6 is 23.7 Å². The van der Waals surface area contributed by atoms with E-state index in [1.54, 1.807) is 12.5 Å². The Bertz CT molecular complexity index is 1180. The molecule has 0 radical (unpaired) electrons. The first-order valence-corrected chi connectivity index (χ1v) is 10.5. The van der Waals surface area contributed by atoms with Gasteiger partial charge in [-0.2, -0.15) is 0 Å². The monoisotopic (exact) mass is 462 g/mol. The van der Waals surface area contributed by atoms with Gasteiger partial charge in [-0.05, 0) is 36.6 Å². The van der Waals surface area contributed by atoms with Gasteiger partial charge in [0.25, 0.3) is 5.91 Å². The fourth-order valence-electron chi connectivity index (χ4n) is 3.32. The smallest absolute Gasteiger partial charge is 0.263 e. The van der Waals surface area contributed by atoms with E-state index < -0.39 is 17.5 Å². The predicted molar refractivity (Wildman–Crippen MR) is 121 cm³/mol. The third-order valence-corrected chi connectivity index (χ3v) is 5.91. The second-order valence-electron chi connectivity index (χ2n) is 6.85. The number of hydrogen-bond donors (Lipinski definition) is 0. The molecule has 0 atom stereocenters. The van der Waals surface area contributed by atoms with Crippen molar-refractivity contribution in [1.82, 2.24) is 14.5 Å². The summed E-state index contributed by atoms with van der Waals surface area (Å²) in [6.07, 6.45) is 6.69. The summed E-state index contributed by atoms with van der Waals surface area (Å²) in [6.45, 7) is 3.05. The summed E-state index contributed by atoms with van der Waals surface area (Å²) < 4.78 is 30.5. The molecule has 4 aromatic rings. The number of thiazole rings is 1. The highest BCUT2D eigenvalue weighted by Gasteiger charge is 2.24. The van der Waals surface area contributed by atoms with Gasteiger partial charge in [0.1, 0.15) is 11.6 Å². The number of hydrogen-bond acceptors (Lipinski definition) is 4. The number of carbonyl (C=O) groups excluding carboxylic acids is 1. The molecular formula is C22H21ClF2N4OS. The van der Waals surface area contributed by atoms with Gasteiger partial charge in [0.2, 0.25) is 0 Å². The zero-order valence-electron chi connectivity index (χ0n) is 16.8. The van der Waals surface area contributed by atoms with Crippen molar-refractivity contribution in [3.63, 3.8) is 0 Å². The molecule has 2 heterocycles. The minimum absolute atomic E-state index is 0. The Balaban J connectivity index is 0.00000272. The maximum Gasteiger partial charge on any atom is 0.263 e. The molecule has 0 aliphatic heterocycles. The quantitative estimate of drug-likeness (QED) is 0.365. The first-order valence-electron chi connectivity index (χ1n) is 9.68. The molecule has 9 heteroatoms. The van der Waals surface area contributed by atoms with Crippen molar-refractivity contribution < 1.29 is 13.6 Å². The van der Waals surface area contributed by atoms with Crippen LogP contribution in [0.2, 0.25) is 0 Å². The number of rotatable bonds is 7. The average Bonchev–Trinajstić information content (AvgIpc) is 3.40. The molecule has 2 aromatic carbocycles. The van der Waals surface area contributed by atoms with E-state index in [1.165, 1.54) is 22.3 Å². The van der Waals surface area contributed by atoms with E-state index in [9.17, 15) is 13.6 Å². The van der Waals surface area contributed by atoms with Crippen LogP contribution in [0.3, 0.4) is 0 Å². The van der Waals surface area contributed by atoms with E-state index in [0.717, 1.165) is 34.3 Å². The molecule has 0 bridgehead atoms. The van der Waals surface area contributed by atoms with Crippen molar-refractivity contribution in [2.75, 3.05) is 11.4 Å². The van der Waals surface area contributed by atoms with Crippen LogP contribution in [-0.2, 0) is 13.0 Å². The Labute approximate surface area is 188 Å². The summed E-state index contributed by atoms with van der Waals surface area (Å²) in [5.74, 6) is -2.13. The Kier molecular flexibility index (Phi) is 7.35. The molecule has 0 spiro atoms. The van der Waals surface area contributed by atoms with Gasteiger partial charge in [0, 0.05) is 31.5 Å². The lowest BCUT2D eigenvalue weighted by Crippen LogP contribution is -2.33. The highest BCUT2D eigenvalue weighted by Crippen LogP contribution is 2.32. The molecule has 0 aliphatic carbocycles. The molecule has 5 nitrogen and oxygen atoms in total. The number of nitrogens with zero attached hydrogens (tertiary/aromatic N) is 4. The number of aromatic nitrogens is 3. The number of imidazole rings is 1. The second kappa shape index (κ2) is 9.98. The van der Waals surface area contributed by atoms with E-state index >= 15 is 0 Å². The SMILES string of the molecule is CCc1cccc2sc(N(CCCn3ccnc3)C(=O)c3ccc(F)cc3F)nc12.Cl. The van der Waals surface area contributed by atoms with Crippen molar-refractivity contribution in [2.24, 2.45) is 0 Å². The fourth-order valence-corrected chi connectivity index (χ4v) is 4.36. The van der Waals surface area contributed by atoms with E-state index in [0.29, 0.717) is 24.6 Å². The molecule has 0 fully saturated rings. The van der Waals surface area contributed by atoms with Crippen LogP contribution in [0.25, 0.3) is 10.2 Å². The van der Waals surface area contributed by atoms with Crippen LogP contribution in [0.5, 0.6) is 0 Å². The molecule has 0 unspecified atom stereocenters. The molecule has 31 heavy (non-hydrogen) atoms. The number of carbonyl (C=O) groups is 1. The highest BCUT2D eigenvalue weighted by atomic mass is 35.5. The van der Waals surface area contributed by atoms with Gasteiger partial charge in [0.05, 0.1) is 22.1 Å². The molecule has 4 rings (SSSR count). The fraction of sp³-hybridized carbons (Fsp3) is 0.227. The topological polar surface area (TPSA) is 51.0 Å². The van der Waals surface area contributed by atoms with Crippen LogP contribution in [0.15, 0.2) is 55.1 Å². The number of aryl methyl sites for hydroxylation is 2. The van der Waals surface area contributed by atoms with Crippen LogP contribution in [-0.4, -0.2) is 27.0 Å². The Morgan fingerprint density at radius 3 is 2.77 bits per heavy atom. The van der Waals surface area contributed by atoms with Crippen LogP contribution in [0.4, 0.5) is 13.9 Å². The number of para-hydroxylation sites is 1. The zero-order chi connectivity index (χ0) is 21.1. The third-order valence-electron chi connectivity index (χ3n) is 4.87. The van der Waals surface area contributed by atoms with Crippen LogP contribution in [0, 0.1) is 11.6 Å². The minimum atomic E-state index is -0.880. The maximum atomic E-state index is 14.3. The summed E-state index contributed by atoms with van der Waals surface area (Å²) >= 11 is 1.39. The van der Waals surface area contributed by atoms with Crippen LogP contribution < -0.4 is 4.90 Å². The predicted octanol–water partition coefficient (Wildman–Crippen LogP) is 5.49. The molecule has 2 aromatic heterocycles. The first-order chi connectivity index (χ1) is 14.6. The summed E-state index contributed by atoms with van der Waals surface area (Å²) in [6, 6.07) is 8.94. The standard InChI is InChI=1S/C22H20F2N4OS.ClH/c1-2-15-5-3-6-19-20(15)26-22(30-19)28(11-4-10-27-12-9-25-14-27)21(29)17-8-7-16(23)13-18(17)24;/h3,5-9,12-14H,2,4,10-11H2,1H3;1H. The van der Waals surface area contributed by atoms with Crippen molar-refractivity contribution in [3.05, 3.63) is 77.9 Å². The first kappa shape index (κ1) is 22.8. The van der Waals surface area contributed by atoms with Crippen molar-refractivity contribution in [3.8, 4) is 0 Å². The normalized spacial score (nSPS) is 10.8. The third kappa shape index (κ3) is 4.91. The maximum absolute atomic E-state index is 14.3. The van der Waals surface area contributed by atoms with Gasteiger partial charge in [-0.1, -0.05) is 30.4 Å². The summed E-state index contributed by atoms with van der Waals surface area (Å²) in [5.41, 5.74) is 1.77. The van der Waals surface area contributed by atoms with E-state index in [-0.39, 0.29) is 18.0 Å². The molecule has 0 saturated heterocycles. The lowest BCUT2D eigenvalue weighted by atomic mass is 10.1.